The van der Waals surface area contributed by atoms with Crippen molar-refractivity contribution in [1.29, 1.82) is 0 Å². The summed E-state index contributed by atoms with van der Waals surface area (Å²) in [5, 5.41) is 5.84. The molecule has 0 unspecified atom stereocenters. The number of ether oxygens (including phenoxy) is 2. The fourth-order valence-corrected chi connectivity index (χ4v) is 4.67. The highest BCUT2D eigenvalue weighted by molar-refractivity contribution is 7.09. The van der Waals surface area contributed by atoms with Gasteiger partial charge < -0.3 is 14.8 Å². The average molecular weight is 324 g/mol. The number of rotatable bonds is 6. The van der Waals surface area contributed by atoms with Gasteiger partial charge in [0, 0.05) is 30.6 Å². The first kappa shape index (κ1) is 15.9. The van der Waals surface area contributed by atoms with Crippen LogP contribution in [-0.4, -0.2) is 36.8 Å². The number of nitrogens with zero attached hydrogens (tertiary/aromatic N) is 1. The average Bonchev–Trinajstić information content (AvgIpc) is 3.17. The van der Waals surface area contributed by atoms with Crippen LogP contribution < -0.4 is 5.32 Å². The van der Waals surface area contributed by atoms with E-state index in [1.54, 1.807) is 7.11 Å². The number of amides is 1. The van der Waals surface area contributed by atoms with E-state index in [0.29, 0.717) is 18.4 Å². The van der Waals surface area contributed by atoms with Crippen molar-refractivity contribution in [3.63, 3.8) is 0 Å². The lowest BCUT2D eigenvalue weighted by molar-refractivity contribution is -0.127. The van der Waals surface area contributed by atoms with Gasteiger partial charge in [-0.1, -0.05) is 12.8 Å². The summed E-state index contributed by atoms with van der Waals surface area (Å²) in [5.41, 5.74) is 0.668. The highest BCUT2D eigenvalue weighted by Gasteiger charge is 2.57. The first-order valence-electron chi connectivity index (χ1n) is 8.05. The van der Waals surface area contributed by atoms with Crippen LogP contribution in [0.25, 0.3) is 0 Å². The molecule has 6 heteroatoms. The normalized spacial score (nSPS) is 26.1. The van der Waals surface area contributed by atoms with E-state index in [2.05, 4.69) is 10.3 Å². The van der Waals surface area contributed by atoms with Crippen LogP contribution in [0.1, 0.15) is 54.5 Å². The summed E-state index contributed by atoms with van der Waals surface area (Å²) in [6, 6.07) is 0.228. The minimum Gasteiger partial charge on any atom is -0.378 e. The van der Waals surface area contributed by atoms with E-state index in [1.165, 1.54) is 24.2 Å². The molecule has 1 spiro atoms. The summed E-state index contributed by atoms with van der Waals surface area (Å²) in [6.07, 6.45) is 6.04. The number of thiazole rings is 1. The summed E-state index contributed by atoms with van der Waals surface area (Å²) in [5.74, 6) is -0.0650. The molecule has 0 saturated heterocycles. The monoisotopic (exact) mass is 324 g/mol. The van der Waals surface area contributed by atoms with Crippen LogP contribution in [0.15, 0.2) is 5.38 Å². The molecule has 1 aromatic heterocycles. The van der Waals surface area contributed by atoms with E-state index in [9.17, 15) is 4.79 Å². The summed E-state index contributed by atoms with van der Waals surface area (Å²) < 4.78 is 10.9. The molecule has 0 radical (unpaired) electrons. The number of hydrogen-bond acceptors (Lipinski definition) is 5. The van der Waals surface area contributed by atoms with Crippen molar-refractivity contribution in [3.8, 4) is 0 Å². The minimum atomic E-state index is -0.0650. The molecular formula is C16H24N2O3S. The lowest BCUT2D eigenvalue weighted by atomic mass is 9.60. The molecule has 2 aliphatic rings. The van der Waals surface area contributed by atoms with Gasteiger partial charge in [-0.15, -0.1) is 11.3 Å². The maximum Gasteiger partial charge on any atom is 0.271 e. The number of aromatic nitrogens is 1. The predicted molar refractivity (Wildman–Crippen MR) is 85.0 cm³/mol. The van der Waals surface area contributed by atoms with Crippen molar-refractivity contribution >= 4 is 17.2 Å². The van der Waals surface area contributed by atoms with Gasteiger partial charge in [0.05, 0.1) is 12.7 Å². The van der Waals surface area contributed by atoms with Crippen LogP contribution in [0, 0.1) is 5.41 Å². The number of carbonyl (C=O) groups excluding carboxylic acids is 1. The van der Waals surface area contributed by atoms with Gasteiger partial charge >= 0.3 is 0 Å². The SMILES string of the molecule is CCO[C@H]1C[C@H](NC(=O)c2csc(COC)n2)C12CCCC2. The Hall–Kier alpha value is -0.980. The standard InChI is InChI=1S/C16H24N2O3S/c1-3-21-13-8-12(16(13)6-4-5-7-16)18-15(19)11-10-22-14(17-11)9-20-2/h10,12-13H,3-9H2,1-2H3,(H,18,19)/t12-,13-/m0/s1. The molecule has 0 bridgehead atoms. The van der Waals surface area contributed by atoms with E-state index in [0.717, 1.165) is 30.9 Å². The Morgan fingerprint density at radius 1 is 1.50 bits per heavy atom. The van der Waals surface area contributed by atoms with Gasteiger partial charge in [0.2, 0.25) is 0 Å². The smallest absolute Gasteiger partial charge is 0.271 e. The predicted octanol–water partition coefficient (Wildman–Crippen LogP) is 2.76. The first-order chi connectivity index (χ1) is 10.7. The second kappa shape index (κ2) is 6.64. The molecule has 0 aromatic carbocycles. The maximum atomic E-state index is 12.4. The van der Waals surface area contributed by atoms with Gasteiger partial charge in [-0.25, -0.2) is 4.98 Å². The molecule has 1 N–H and O–H groups in total. The van der Waals surface area contributed by atoms with Gasteiger partial charge in [0.15, 0.2) is 0 Å². The molecule has 2 saturated carbocycles. The third kappa shape index (κ3) is 2.79. The number of hydrogen-bond donors (Lipinski definition) is 1. The Balaban J connectivity index is 1.63. The zero-order valence-corrected chi connectivity index (χ0v) is 14.1. The van der Waals surface area contributed by atoms with Crippen molar-refractivity contribution in [2.75, 3.05) is 13.7 Å². The fourth-order valence-electron chi connectivity index (χ4n) is 3.93. The van der Waals surface area contributed by atoms with E-state index in [1.807, 2.05) is 12.3 Å². The number of methoxy groups -OCH3 is 1. The maximum absolute atomic E-state index is 12.4. The molecule has 5 nitrogen and oxygen atoms in total. The summed E-state index contributed by atoms with van der Waals surface area (Å²) in [6.45, 7) is 3.25. The van der Waals surface area contributed by atoms with Crippen molar-refractivity contribution in [2.45, 2.75) is 57.8 Å². The van der Waals surface area contributed by atoms with Crippen LogP contribution in [0.2, 0.25) is 0 Å². The molecule has 2 fully saturated rings. The molecule has 2 atom stereocenters. The van der Waals surface area contributed by atoms with E-state index in [4.69, 9.17) is 9.47 Å². The number of nitrogens with one attached hydrogen (secondary N) is 1. The van der Waals surface area contributed by atoms with Gasteiger partial charge in [-0.2, -0.15) is 0 Å². The van der Waals surface area contributed by atoms with E-state index < -0.39 is 0 Å². The molecule has 3 rings (SSSR count). The van der Waals surface area contributed by atoms with Crippen molar-refractivity contribution in [2.24, 2.45) is 5.41 Å². The Labute approximate surface area is 135 Å². The van der Waals surface area contributed by atoms with E-state index >= 15 is 0 Å². The summed E-state index contributed by atoms with van der Waals surface area (Å²) >= 11 is 1.47. The largest absolute Gasteiger partial charge is 0.378 e. The fraction of sp³-hybridized carbons (Fsp3) is 0.750. The summed E-state index contributed by atoms with van der Waals surface area (Å²) in [7, 11) is 1.63. The summed E-state index contributed by atoms with van der Waals surface area (Å²) in [4.78, 5) is 16.8. The van der Waals surface area contributed by atoms with Gasteiger partial charge in [-0.05, 0) is 26.2 Å². The third-order valence-electron chi connectivity index (χ3n) is 5.04. The number of carbonyl (C=O) groups is 1. The van der Waals surface area contributed by atoms with Crippen molar-refractivity contribution < 1.29 is 14.3 Å². The molecule has 1 aromatic rings. The van der Waals surface area contributed by atoms with Crippen molar-refractivity contribution in [3.05, 3.63) is 16.1 Å². The lowest BCUT2D eigenvalue weighted by Crippen LogP contribution is -2.63. The van der Waals surface area contributed by atoms with Gasteiger partial charge in [0.1, 0.15) is 10.7 Å². The molecule has 0 aliphatic heterocycles. The molecule has 22 heavy (non-hydrogen) atoms. The topological polar surface area (TPSA) is 60.5 Å². The quantitative estimate of drug-likeness (QED) is 0.874. The van der Waals surface area contributed by atoms with Crippen LogP contribution in [-0.2, 0) is 16.1 Å². The van der Waals surface area contributed by atoms with E-state index in [-0.39, 0.29) is 17.4 Å². The van der Waals surface area contributed by atoms with Gasteiger partial charge in [0.25, 0.3) is 5.91 Å². The Kier molecular flexibility index (Phi) is 4.80. The molecule has 1 amide bonds. The van der Waals surface area contributed by atoms with Crippen LogP contribution in [0.4, 0.5) is 0 Å². The molecule has 1 heterocycles. The Morgan fingerprint density at radius 2 is 2.27 bits per heavy atom. The molecule has 122 valence electrons. The second-order valence-electron chi connectivity index (χ2n) is 6.21. The first-order valence-corrected chi connectivity index (χ1v) is 8.93. The van der Waals surface area contributed by atoms with Crippen LogP contribution in [0.3, 0.4) is 0 Å². The molecule has 2 aliphatic carbocycles. The molecular weight excluding hydrogens is 300 g/mol. The Morgan fingerprint density at radius 3 is 2.95 bits per heavy atom. The van der Waals surface area contributed by atoms with Crippen LogP contribution in [0.5, 0.6) is 0 Å². The zero-order valence-electron chi connectivity index (χ0n) is 13.3. The Bertz CT molecular complexity index is 525. The third-order valence-corrected chi connectivity index (χ3v) is 5.87. The van der Waals surface area contributed by atoms with Crippen molar-refractivity contribution in [1.82, 2.24) is 10.3 Å². The highest BCUT2D eigenvalue weighted by atomic mass is 32.1. The second-order valence-corrected chi connectivity index (χ2v) is 7.15. The highest BCUT2D eigenvalue weighted by Crippen LogP contribution is 2.54. The zero-order chi connectivity index (χ0) is 15.6. The minimum absolute atomic E-state index is 0.0650. The van der Waals surface area contributed by atoms with Gasteiger partial charge in [-0.3, -0.25) is 4.79 Å². The lowest BCUT2D eigenvalue weighted by Gasteiger charge is -2.54. The van der Waals surface area contributed by atoms with Crippen LogP contribution >= 0.6 is 11.3 Å².